The number of aromatic amines is 1. The summed E-state index contributed by atoms with van der Waals surface area (Å²) in [6, 6.07) is 6.16. The monoisotopic (exact) mass is 260 g/mol. The summed E-state index contributed by atoms with van der Waals surface area (Å²) in [5.74, 6) is 0.132. The maximum Gasteiger partial charge on any atom is 0.336 e. The number of carbonyl (C=O) groups excluding carboxylic acids is 1. The third-order valence-electron chi connectivity index (χ3n) is 2.84. The van der Waals surface area contributed by atoms with Crippen LogP contribution in [0.25, 0.3) is 0 Å². The smallest absolute Gasteiger partial charge is 0.336 e. The highest BCUT2D eigenvalue weighted by molar-refractivity contribution is 5.90. The Labute approximate surface area is 111 Å². The Bertz CT molecular complexity index is 592. The summed E-state index contributed by atoms with van der Waals surface area (Å²) >= 11 is 0. The van der Waals surface area contributed by atoms with Crippen LogP contribution in [0.3, 0.4) is 0 Å². The van der Waals surface area contributed by atoms with Gasteiger partial charge in [-0.2, -0.15) is 4.98 Å². The maximum atomic E-state index is 11.8. The lowest BCUT2D eigenvalue weighted by Gasteiger charge is -2.05. The molecule has 0 aliphatic carbocycles. The number of methoxy groups -OCH3 is 1. The van der Waals surface area contributed by atoms with Crippen LogP contribution >= 0.6 is 0 Å². The van der Waals surface area contributed by atoms with Crippen molar-refractivity contribution in [2.45, 2.75) is 20.3 Å². The highest BCUT2D eigenvalue weighted by Crippen LogP contribution is 2.11. The molecule has 0 atom stereocenters. The number of nitrogens with zero attached hydrogens (tertiary/aromatic N) is 2. The van der Waals surface area contributed by atoms with Crippen LogP contribution < -0.4 is 10.1 Å². The lowest BCUT2D eigenvalue weighted by atomic mass is 10.0. The number of hydrogen-bond acceptors (Lipinski definition) is 4. The van der Waals surface area contributed by atoms with Crippen LogP contribution in [-0.2, 0) is 11.2 Å². The standard InChI is InChI=1S/C13H16N4O2/c1-8-4-5-10(6-9(8)2)7-11(18)14-12-15-13(19-3)17-16-12/h4-6H,7H2,1-3H3,(H2,14,15,16,17,18). The lowest BCUT2D eigenvalue weighted by Crippen LogP contribution is -2.15. The SMILES string of the molecule is COc1n[nH]c(NC(=O)Cc2ccc(C)c(C)c2)n1. The summed E-state index contributed by atoms with van der Waals surface area (Å²) in [5.41, 5.74) is 3.35. The summed E-state index contributed by atoms with van der Waals surface area (Å²) in [5, 5.41) is 8.95. The van der Waals surface area contributed by atoms with Crippen molar-refractivity contribution in [3.05, 3.63) is 34.9 Å². The molecule has 2 aromatic rings. The number of amides is 1. The van der Waals surface area contributed by atoms with Gasteiger partial charge in [0.15, 0.2) is 0 Å². The average molecular weight is 260 g/mol. The maximum absolute atomic E-state index is 11.8. The molecule has 100 valence electrons. The van der Waals surface area contributed by atoms with Gasteiger partial charge in [0.1, 0.15) is 0 Å². The molecule has 1 aromatic heterocycles. The summed E-state index contributed by atoms with van der Waals surface area (Å²) in [6.07, 6.45) is 0.296. The van der Waals surface area contributed by atoms with E-state index in [0.717, 1.165) is 5.56 Å². The minimum atomic E-state index is -0.151. The molecule has 1 aromatic carbocycles. The number of aromatic nitrogens is 3. The van der Waals surface area contributed by atoms with Crippen LogP contribution in [0.15, 0.2) is 18.2 Å². The van der Waals surface area contributed by atoms with Crippen molar-refractivity contribution in [3.63, 3.8) is 0 Å². The fraction of sp³-hybridized carbons (Fsp3) is 0.308. The number of ether oxygens (including phenoxy) is 1. The fourth-order valence-electron chi connectivity index (χ4n) is 1.67. The second kappa shape index (κ2) is 5.51. The third-order valence-corrected chi connectivity index (χ3v) is 2.84. The minimum absolute atomic E-state index is 0.151. The lowest BCUT2D eigenvalue weighted by molar-refractivity contribution is -0.115. The molecule has 0 aliphatic rings. The van der Waals surface area contributed by atoms with Crippen molar-refractivity contribution in [2.24, 2.45) is 0 Å². The van der Waals surface area contributed by atoms with Crippen LogP contribution in [0.5, 0.6) is 6.01 Å². The molecule has 0 saturated heterocycles. The highest BCUT2D eigenvalue weighted by Gasteiger charge is 2.08. The van der Waals surface area contributed by atoms with Crippen LogP contribution in [0.4, 0.5) is 5.95 Å². The molecule has 19 heavy (non-hydrogen) atoms. The van der Waals surface area contributed by atoms with Crippen molar-refractivity contribution in [1.82, 2.24) is 15.2 Å². The fourth-order valence-corrected chi connectivity index (χ4v) is 1.67. The van der Waals surface area contributed by atoms with Gasteiger partial charge in [0, 0.05) is 0 Å². The molecule has 0 aliphatic heterocycles. The summed E-state index contributed by atoms with van der Waals surface area (Å²) in [7, 11) is 1.46. The number of carbonyl (C=O) groups is 1. The Morgan fingerprint density at radius 1 is 1.37 bits per heavy atom. The topological polar surface area (TPSA) is 79.9 Å². The van der Waals surface area contributed by atoms with Gasteiger partial charge in [-0.15, -0.1) is 5.10 Å². The van der Waals surface area contributed by atoms with E-state index in [2.05, 4.69) is 20.5 Å². The zero-order chi connectivity index (χ0) is 13.8. The van der Waals surface area contributed by atoms with Crippen LogP contribution in [0.1, 0.15) is 16.7 Å². The number of anilines is 1. The van der Waals surface area contributed by atoms with Gasteiger partial charge in [0.2, 0.25) is 11.9 Å². The van der Waals surface area contributed by atoms with E-state index in [0.29, 0.717) is 6.42 Å². The van der Waals surface area contributed by atoms with Gasteiger partial charge in [-0.25, -0.2) is 5.10 Å². The number of benzene rings is 1. The van der Waals surface area contributed by atoms with Crippen LogP contribution in [0, 0.1) is 13.8 Å². The molecule has 0 saturated carbocycles. The van der Waals surface area contributed by atoms with Crippen molar-refractivity contribution < 1.29 is 9.53 Å². The molecule has 0 unspecified atom stereocenters. The van der Waals surface area contributed by atoms with E-state index in [9.17, 15) is 4.79 Å². The number of aryl methyl sites for hydroxylation is 2. The van der Waals surface area contributed by atoms with Gasteiger partial charge in [-0.1, -0.05) is 18.2 Å². The van der Waals surface area contributed by atoms with E-state index in [1.165, 1.54) is 18.2 Å². The first-order valence-corrected chi connectivity index (χ1v) is 5.91. The Hall–Kier alpha value is -2.37. The van der Waals surface area contributed by atoms with Gasteiger partial charge < -0.3 is 4.74 Å². The number of hydrogen-bond donors (Lipinski definition) is 2. The molecule has 0 bridgehead atoms. The van der Waals surface area contributed by atoms with Gasteiger partial charge in [0.25, 0.3) is 0 Å². The first-order chi connectivity index (χ1) is 9.08. The van der Waals surface area contributed by atoms with Crippen LogP contribution in [0.2, 0.25) is 0 Å². The predicted octanol–water partition coefficient (Wildman–Crippen LogP) is 1.61. The molecule has 6 nitrogen and oxygen atoms in total. The Kier molecular flexibility index (Phi) is 3.79. The Morgan fingerprint density at radius 2 is 2.16 bits per heavy atom. The first-order valence-electron chi connectivity index (χ1n) is 5.91. The van der Waals surface area contributed by atoms with E-state index in [1.54, 1.807) is 0 Å². The zero-order valence-electron chi connectivity index (χ0n) is 11.2. The Morgan fingerprint density at radius 3 is 2.79 bits per heavy atom. The number of nitrogens with one attached hydrogen (secondary N) is 2. The molecule has 1 amide bonds. The molecule has 2 N–H and O–H groups in total. The van der Waals surface area contributed by atoms with E-state index in [1.807, 2.05) is 32.0 Å². The highest BCUT2D eigenvalue weighted by atomic mass is 16.5. The summed E-state index contributed by atoms with van der Waals surface area (Å²) in [6.45, 7) is 4.07. The molecule has 0 radical (unpaired) electrons. The summed E-state index contributed by atoms with van der Waals surface area (Å²) in [4.78, 5) is 15.8. The Balaban J connectivity index is 1.98. The predicted molar refractivity (Wildman–Crippen MR) is 71.2 cm³/mol. The quantitative estimate of drug-likeness (QED) is 0.875. The molecule has 6 heteroatoms. The van der Waals surface area contributed by atoms with E-state index >= 15 is 0 Å². The van der Waals surface area contributed by atoms with Gasteiger partial charge in [0.05, 0.1) is 13.5 Å². The van der Waals surface area contributed by atoms with E-state index < -0.39 is 0 Å². The molecular formula is C13H16N4O2. The number of H-pyrrole nitrogens is 1. The van der Waals surface area contributed by atoms with Crippen molar-refractivity contribution in [3.8, 4) is 6.01 Å². The normalized spacial score (nSPS) is 10.3. The molecule has 2 rings (SSSR count). The first kappa shape index (κ1) is 13.1. The second-order valence-corrected chi connectivity index (χ2v) is 4.31. The van der Waals surface area contributed by atoms with Crippen molar-refractivity contribution in [2.75, 3.05) is 12.4 Å². The summed E-state index contributed by atoms with van der Waals surface area (Å²) < 4.78 is 4.82. The van der Waals surface area contributed by atoms with Crippen molar-refractivity contribution in [1.29, 1.82) is 0 Å². The van der Waals surface area contributed by atoms with Crippen LogP contribution in [-0.4, -0.2) is 28.2 Å². The van der Waals surface area contributed by atoms with Gasteiger partial charge in [-0.3, -0.25) is 10.1 Å². The molecule has 0 fully saturated rings. The molecule has 1 heterocycles. The zero-order valence-corrected chi connectivity index (χ0v) is 11.2. The second-order valence-electron chi connectivity index (χ2n) is 4.31. The van der Waals surface area contributed by atoms with E-state index in [4.69, 9.17) is 4.74 Å². The largest absolute Gasteiger partial charge is 0.466 e. The number of rotatable bonds is 4. The van der Waals surface area contributed by atoms with Crippen molar-refractivity contribution >= 4 is 11.9 Å². The van der Waals surface area contributed by atoms with Gasteiger partial charge >= 0.3 is 6.01 Å². The molecule has 0 spiro atoms. The molecular weight excluding hydrogens is 244 g/mol. The van der Waals surface area contributed by atoms with E-state index in [-0.39, 0.29) is 17.9 Å². The average Bonchev–Trinajstić information content (AvgIpc) is 2.81. The van der Waals surface area contributed by atoms with Gasteiger partial charge in [-0.05, 0) is 30.5 Å². The minimum Gasteiger partial charge on any atom is -0.466 e. The third kappa shape index (κ3) is 3.31.